The predicted octanol–water partition coefficient (Wildman–Crippen LogP) is 4.52. The van der Waals surface area contributed by atoms with E-state index in [0.717, 1.165) is 17.1 Å². The molecule has 2 aromatic rings. The third kappa shape index (κ3) is 4.39. The van der Waals surface area contributed by atoms with E-state index in [-0.39, 0.29) is 16.9 Å². The van der Waals surface area contributed by atoms with Crippen LogP contribution >= 0.6 is 11.8 Å². The SMILES string of the molecule is CCCSc1cccc(N)c1-c1c(N)cccc1NC(=O)C(F)(F)F. The summed E-state index contributed by atoms with van der Waals surface area (Å²) in [6.07, 6.45) is -4.08. The summed E-state index contributed by atoms with van der Waals surface area (Å²) in [6.45, 7) is 2.02. The van der Waals surface area contributed by atoms with Crippen molar-refractivity contribution in [2.24, 2.45) is 0 Å². The molecule has 4 nitrogen and oxygen atoms in total. The van der Waals surface area contributed by atoms with Crippen LogP contribution in [0.4, 0.5) is 30.2 Å². The van der Waals surface area contributed by atoms with Gasteiger partial charge in [0.15, 0.2) is 0 Å². The molecule has 2 aromatic carbocycles. The van der Waals surface area contributed by atoms with Crippen molar-refractivity contribution in [1.29, 1.82) is 0 Å². The second kappa shape index (κ2) is 7.69. The van der Waals surface area contributed by atoms with Crippen LogP contribution in [0.15, 0.2) is 41.3 Å². The molecular formula is C17H18F3N3OS. The molecule has 0 aliphatic carbocycles. The number of amides is 1. The predicted molar refractivity (Wildman–Crippen MR) is 96.4 cm³/mol. The minimum absolute atomic E-state index is 0.0291. The zero-order valence-electron chi connectivity index (χ0n) is 13.5. The fourth-order valence-electron chi connectivity index (χ4n) is 2.29. The molecule has 0 aromatic heterocycles. The molecule has 0 saturated carbocycles. The average molecular weight is 369 g/mol. The largest absolute Gasteiger partial charge is 0.471 e. The maximum absolute atomic E-state index is 12.6. The van der Waals surface area contributed by atoms with Gasteiger partial charge < -0.3 is 16.8 Å². The Morgan fingerprint density at radius 1 is 1.08 bits per heavy atom. The van der Waals surface area contributed by atoms with Gasteiger partial charge in [-0.2, -0.15) is 13.2 Å². The molecule has 0 bridgehead atoms. The van der Waals surface area contributed by atoms with Gasteiger partial charge in [-0.15, -0.1) is 11.8 Å². The van der Waals surface area contributed by atoms with Crippen molar-refractivity contribution >= 4 is 34.7 Å². The standard InChI is InChI=1S/C17H18F3N3OS/c1-2-9-25-13-8-4-6-11(22)15(13)14-10(21)5-3-7-12(14)23-16(24)17(18,19)20/h3-8H,2,9,21-22H2,1H3,(H,23,24). The van der Waals surface area contributed by atoms with E-state index in [1.807, 2.05) is 18.3 Å². The maximum Gasteiger partial charge on any atom is 0.471 e. The Balaban J connectivity index is 2.58. The third-order valence-corrected chi connectivity index (χ3v) is 4.64. The van der Waals surface area contributed by atoms with E-state index in [9.17, 15) is 18.0 Å². The molecule has 0 aliphatic rings. The molecule has 0 aliphatic heterocycles. The number of hydrogen-bond acceptors (Lipinski definition) is 4. The summed E-state index contributed by atoms with van der Waals surface area (Å²) < 4.78 is 37.9. The highest BCUT2D eigenvalue weighted by molar-refractivity contribution is 7.99. The van der Waals surface area contributed by atoms with E-state index in [1.54, 1.807) is 18.2 Å². The zero-order valence-corrected chi connectivity index (χ0v) is 14.3. The van der Waals surface area contributed by atoms with E-state index in [4.69, 9.17) is 11.5 Å². The summed E-state index contributed by atoms with van der Waals surface area (Å²) in [7, 11) is 0. The lowest BCUT2D eigenvalue weighted by Crippen LogP contribution is -2.30. The topological polar surface area (TPSA) is 81.1 Å². The van der Waals surface area contributed by atoms with Gasteiger partial charge in [0.05, 0.1) is 5.69 Å². The summed E-state index contributed by atoms with van der Waals surface area (Å²) >= 11 is 1.53. The molecule has 0 radical (unpaired) electrons. The highest BCUT2D eigenvalue weighted by atomic mass is 32.2. The number of rotatable bonds is 5. The van der Waals surface area contributed by atoms with Crippen LogP contribution in [0.3, 0.4) is 0 Å². The van der Waals surface area contributed by atoms with Gasteiger partial charge in [0.1, 0.15) is 0 Å². The number of thioether (sulfide) groups is 1. The zero-order chi connectivity index (χ0) is 18.6. The lowest BCUT2D eigenvalue weighted by Gasteiger charge is -2.18. The van der Waals surface area contributed by atoms with E-state index < -0.39 is 12.1 Å². The number of hydrogen-bond donors (Lipinski definition) is 3. The lowest BCUT2D eigenvalue weighted by molar-refractivity contribution is -0.167. The first-order valence-electron chi connectivity index (χ1n) is 7.54. The Morgan fingerprint density at radius 2 is 1.68 bits per heavy atom. The highest BCUT2D eigenvalue weighted by Gasteiger charge is 2.39. The van der Waals surface area contributed by atoms with Crippen LogP contribution in [0.2, 0.25) is 0 Å². The maximum atomic E-state index is 12.6. The Kier molecular flexibility index (Phi) is 5.84. The molecule has 134 valence electrons. The monoisotopic (exact) mass is 369 g/mol. The van der Waals surface area contributed by atoms with E-state index in [1.165, 1.54) is 23.9 Å². The van der Waals surface area contributed by atoms with Crippen LogP contribution in [-0.2, 0) is 4.79 Å². The number of nitrogens with two attached hydrogens (primary N) is 2. The summed E-state index contributed by atoms with van der Waals surface area (Å²) in [5, 5.41) is 1.89. The van der Waals surface area contributed by atoms with E-state index >= 15 is 0 Å². The second-order valence-corrected chi connectivity index (χ2v) is 6.43. The summed E-state index contributed by atoms with van der Waals surface area (Å²) in [6, 6.07) is 9.64. The van der Waals surface area contributed by atoms with Crippen LogP contribution in [-0.4, -0.2) is 17.8 Å². The molecule has 0 unspecified atom stereocenters. The summed E-state index contributed by atoms with van der Waals surface area (Å²) in [5.41, 5.74) is 13.5. The molecular weight excluding hydrogens is 351 g/mol. The van der Waals surface area contributed by atoms with E-state index in [2.05, 4.69) is 0 Å². The van der Waals surface area contributed by atoms with Crippen LogP contribution in [0.25, 0.3) is 11.1 Å². The smallest absolute Gasteiger partial charge is 0.398 e. The fraction of sp³-hybridized carbons (Fsp3) is 0.235. The van der Waals surface area contributed by atoms with Crippen LogP contribution in [0, 0.1) is 0 Å². The lowest BCUT2D eigenvalue weighted by atomic mass is 9.99. The Morgan fingerprint density at radius 3 is 2.28 bits per heavy atom. The molecule has 0 atom stereocenters. The number of carbonyl (C=O) groups is 1. The first-order valence-corrected chi connectivity index (χ1v) is 8.52. The van der Waals surface area contributed by atoms with Gasteiger partial charge in [-0.3, -0.25) is 4.79 Å². The van der Waals surface area contributed by atoms with Crippen molar-refractivity contribution < 1.29 is 18.0 Å². The molecule has 1 amide bonds. The summed E-state index contributed by atoms with van der Waals surface area (Å²) in [5.74, 6) is -1.25. The number of nitrogens with one attached hydrogen (secondary N) is 1. The Labute approximate surface area is 147 Å². The third-order valence-electron chi connectivity index (χ3n) is 3.37. The second-order valence-electron chi connectivity index (χ2n) is 5.29. The molecule has 25 heavy (non-hydrogen) atoms. The number of alkyl halides is 3. The number of halogens is 3. The average Bonchev–Trinajstić information content (AvgIpc) is 2.53. The number of nitrogen functional groups attached to an aromatic ring is 2. The Hall–Kier alpha value is -2.35. The number of benzene rings is 2. The van der Waals surface area contributed by atoms with Gasteiger partial charge in [-0.05, 0) is 36.4 Å². The Bertz CT molecular complexity index is 778. The van der Waals surface area contributed by atoms with Crippen molar-refractivity contribution in [3.8, 4) is 11.1 Å². The summed E-state index contributed by atoms with van der Waals surface area (Å²) in [4.78, 5) is 12.2. The van der Waals surface area contributed by atoms with Crippen molar-refractivity contribution in [3.05, 3.63) is 36.4 Å². The van der Waals surface area contributed by atoms with Crippen molar-refractivity contribution in [2.75, 3.05) is 22.5 Å². The molecule has 0 saturated heterocycles. The molecule has 5 N–H and O–H groups in total. The van der Waals surface area contributed by atoms with Gasteiger partial charge in [0.2, 0.25) is 0 Å². The fourth-order valence-corrected chi connectivity index (χ4v) is 3.26. The van der Waals surface area contributed by atoms with Crippen LogP contribution in [0.5, 0.6) is 0 Å². The van der Waals surface area contributed by atoms with Crippen molar-refractivity contribution in [1.82, 2.24) is 0 Å². The van der Waals surface area contributed by atoms with Gasteiger partial charge in [0, 0.05) is 27.4 Å². The van der Waals surface area contributed by atoms with Crippen LogP contribution in [0.1, 0.15) is 13.3 Å². The van der Waals surface area contributed by atoms with E-state index in [0.29, 0.717) is 11.3 Å². The van der Waals surface area contributed by atoms with Crippen LogP contribution < -0.4 is 16.8 Å². The van der Waals surface area contributed by atoms with Crippen molar-refractivity contribution in [2.45, 2.75) is 24.4 Å². The number of carbonyl (C=O) groups excluding carboxylic acids is 1. The number of anilines is 3. The molecule has 8 heteroatoms. The highest BCUT2D eigenvalue weighted by Crippen LogP contribution is 2.43. The van der Waals surface area contributed by atoms with Gasteiger partial charge in [-0.25, -0.2) is 0 Å². The quantitative estimate of drug-likeness (QED) is 0.535. The molecule has 0 fully saturated rings. The molecule has 0 spiro atoms. The van der Waals surface area contributed by atoms with Gasteiger partial charge in [-0.1, -0.05) is 19.1 Å². The van der Waals surface area contributed by atoms with Gasteiger partial charge >= 0.3 is 12.1 Å². The van der Waals surface area contributed by atoms with Crippen molar-refractivity contribution in [3.63, 3.8) is 0 Å². The molecule has 2 rings (SSSR count). The first kappa shape index (κ1) is 19.0. The molecule has 0 heterocycles. The normalized spacial score (nSPS) is 11.4. The minimum Gasteiger partial charge on any atom is -0.398 e. The minimum atomic E-state index is -5.00. The van der Waals surface area contributed by atoms with Gasteiger partial charge in [0.25, 0.3) is 0 Å². The first-order chi connectivity index (χ1) is 11.8.